The molecular formula is C10H8N4O2S. The predicted octanol–water partition coefficient (Wildman–Crippen LogP) is 1.26. The summed E-state index contributed by atoms with van der Waals surface area (Å²) in [5.74, 6) is -0.592. The molecule has 0 aliphatic rings. The molecule has 0 saturated heterocycles. The second-order valence-corrected chi connectivity index (χ2v) is 4.02. The average Bonchev–Trinajstić information content (AvgIpc) is 2.38. The largest absolute Gasteiger partial charge is 0.478 e. The van der Waals surface area contributed by atoms with E-state index in [-0.39, 0.29) is 5.56 Å². The van der Waals surface area contributed by atoms with E-state index >= 15 is 0 Å². The van der Waals surface area contributed by atoms with Crippen LogP contribution in [0.2, 0.25) is 0 Å². The van der Waals surface area contributed by atoms with Crippen LogP contribution < -0.4 is 0 Å². The Morgan fingerprint density at radius 2 is 2.12 bits per heavy atom. The number of carboxylic acid groups (broad SMARTS) is 1. The molecule has 2 heterocycles. The van der Waals surface area contributed by atoms with Crippen molar-refractivity contribution in [1.29, 1.82) is 0 Å². The highest BCUT2D eigenvalue weighted by atomic mass is 32.2. The molecule has 7 heteroatoms. The zero-order valence-electron chi connectivity index (χ0n) is 8.65. The topological polar surface area (TPSA) is 88.9 Å². The fourth-order valence-electron chi connectivity index (χ4n) is 1.15. The lowest BCUT2D eigenvalue weighted by atomic mass is 10.2. The summed E-state index contributed by atoms with van der Waals surface area (Å²) in [5.41, 5.74) is 0.602. The van der Waals surface area contributed by atoms with Crippen molar-refractivity contribution in [2.24, 2.45) is 0 Å². The van der Waals surface area contributed by atoms with Crippen molar-refractivity contribution in [2.45, 2.75) is 10.8 Å². The molecule has 0 unspecified atom stereocenters. The first kappa shape index (κ1) is 11.5. The molecule has 2 aromatic rings. The van der Waals surface area contributed by atoms with Gasteiger partial charge in [-0.3, -0.25) is 0 Å². The molecule has 86 valence electrons. The fourth-order valence-corrected chi connectivity index (χ4v) is 1.95. The summed E-state index contributed by atoms with van der Waals surface area (Å²) >= 11 is 1.40. The summed E-state index contributed by atoms with van der Waals surface area (Å²) in [4.78, 5) is 26.4. The van der Waals surface area contributed by atoms with Gasteiger partial charge >= 0.3 is 5.97 Å². The molecule has 6 nitrogen and oxygen atoms in total. The molecule has 17 heavy (non-hydrogen) atoms. The SMILES string of the molecule is O=C(O)c1cncnc1CSc1ccncn1. The van der Waals surface area contributed by atoms with Gasteiger partial charge < -0.3 is 5.11 Å². The van der Waals surface area contributed by atoms with Gasteiger partial charge in [-0.25, -0.2) is 24.7 Å². The third kappa shape index (κ3) is 2.97. The Balaban J connectivity index is 2.12. The minimum atomic E-state index is -1.02. The van der Waals surface area contributed by atoms with E-state index in [1.807, 2.05) is 0 Å². The Kier molecular flexibility index (Phi) is 3.61. The van der Waals surface area contributed by atoms with Gasteiger partial charge in [-0.05, 0) is 6.07 Å². The van der Waals surface area contributed by atoms with Crippen LogP contribution in [-0.4, -0.2) is 31.0 Å². The number of aromatic carboxylic acids is 1. The van der Waals surface area contributed by atoms with E-state index in [1.54, 1.807) is 12.3 Å². The molecule has 0 amide bonds. The number of carboxylic acids is 1. The lowest BCUT2D eigenvalue weighted by molar-refractivity contribution is 0.0695. The van der Waals surface area contributed by atoms with Crippen molar-refractivity contribution in [2.75, 3.05) is 0 Å². The summed E-state index contributed by atoms with van der Waals surface area (Å²) in [5, 5.41) is 9.72. The summed E-state index contributed by atoms with van der Waals surface area (Å²) in [7, 11) is 0. The van der Waals surface area contributed by atoms with Gasteiger partial charge in [-0.15, -0.1) is 0 Å². The summed E-state index contributed by atoms with van der Waals surface area (Å²) < 4.78 is 0. The summed E-state index contributed by atoms with van der Waals surface area (Å²) in [6.45, 7) is 0. The van der Waals surface area contributed by atoms with Crippen LogP contribution in [-0.2, 0) is 5.75 Å². The van der Waals surface area contributed by atoms with Gasteiger partial charge in [0.2, 0.25) is 0 Å². The zero-order valence-corrected chi connectivity index (χ0v) is 9.46. The molecule has 0 spiro atoms. The Bertz CT molecular complexity index is 521. The van der Waals surface area contributed by atoms with E-state index < -0.39 is 5.97 Å². The number of carbonyl (C=O) groups is 1. The third-order valence-corrected chi connectivity index (χ3v) is 2.89. The zero-order chi connectivity index (χ0) is 12.1. The maximum atomic E-state index is 10.9. The molecule has 0 aromatic carbocycles. The highest BCUT2D eigenvalue weighted by Gasteiger charge is 2.11. The fraction of sp³-hybridized carbons (Fsp3) is 0.100. The molecule has 0 saturated carbocycles. The number of nitrogens with zero attached hydrogens (tertiary/aromatic N) is 4. The van der Waals surface area contributed by atoms with Crippen LogP contribution >= 0.6 is 11.8 Å². The Morgan fingerprint density at radius 1 is 1.29 bits per heavy atom. The molecule has 1 N–H and O–H groups in total. The van der Waals surface area contributed by atoms with Crippen molar-refractivity contribution in [3.05, 3.63) is 42.4 Å². The highest BCUT2D eigenvalue weighted by molar-refractivity contribution is 7.98. The van der Waals surface area contributed by atoms with Gasteiger partial charge in [0.1, 0.15) is 18.2 Å². The number of hydrogen-bond donors (Lipinski definition) is 1. The molecular weight excluding hydrogens is 240 g/mol. The van der Waals surface area contributed by atoms with E-state index in [0.29, 0.717) is 11.4 Å². The van der Waals surface area contributed by atoms with Gasteiger partial charge in [0.15, 0.2) is 0 Å². The van der Waals surface area contributed by atoms with E-state index in [9.17, 15) is 4.79 Å². The number of hydrogen-bond acceptors (Lipinski definition) is 6. The minimum Gasteiger partial charge on any atom is -0.478 e. The first-order chi connectivity index (χ1) is 8.27. The van der Waals surface area contributed by atoms with E-state index in [4.69, 9.17) is 5.11 Å². The lowest BCUT2D eigenvalue weighted by Crippen LogP contribution is -2.04. The summed E-state index contributed by atoms with van der Waals surface area (Å²) in [6.07, 6.45) is 5.71. The Hall–Kier alpha value is -2.02. The van der Waals surface area contributed by atoms with E-state index in [1.165, 1.54) is 30.6 Å². The molecule has 0 radical (unpaired) electrons. The van der Waals surface area contributed by atoms with Gasteiger partial charge in [0.05, 0.1) is 10.7 Å². The van der Waals surface area contributed by atoms with E-state index in [2.05, 4.69) is 19.9 Å². The predicted molar refractivity (Wildman–Crippen MR) is 60.6 cm³/mol. The number of rotatable bonds is 4. The normalized spacial score (nSPS) is 10.1. The molecule has 2 aromatic heterocycles. The van der Waals surface area contributed by atoms with Gasteiger partial charge in [-0.1, -0.05) is 11.8 Å². The van der Waals surface area contributed by atoms with Crippen molar-refractivity contribution < 1.29 is 9.90 Å². The van der Waals surface area contributed by atoms with Crippen molar-refractivity contribution in [3.8, 4) is 0 Å². The Morgan fingerprint density at radius 3 is 2.82 bits per heavy atom. The third-order valence-electron chi connectivity index (χ3n) is 1.94. The van der Waals surface area contributed by atoms with Crippen LogP contribution in [0.25, 0.3) is 0 Å². The maximum absolute atomic E-state index is 10.9. The first-order valence-electron chi connectivity index (χ1n) is 4.68. The minimum absolute atomic E-state index is 0.119. The maximum Gasteiger partial charge on any atom is 0.339 e. The lowest BCUT2D eigenvalue weighted by Gasteiger charge is -2.03. The highest BCUT2D eigenvalue weighted by Crippen LogP contribution is 2.20. The summed E-state index contributed by atoms with van der Waals surface area (Å²) in [6, 6.07) is 1.76. The van der Waals surface area contributed by atoms with Gasteiger partial charge in [0, 0.05) is 18.1 Å². The molecule has 0 bridgehead atoms. The molecule has 0 atom stereocenters. The van der Waals surface area contributed by atoms with Crippen LogP contribution in [0.5, 0.6) is 0 Å². The van der Waals surface area contributed by atoms with Crippen molar-refractivity contribution in [3.63, 3.8) is 0 Å². The number of aromatic nitrogens is 4. The van der Waals surface area contributed by atoms with Crippen LogP contribution in [0.15, 0.2) is 36.1 Å². The Labute approximate surface area is 101 Å². The monoisotopic (exact) mass is 248 g/mol. The molecule has 2 rings (SSSR count). The molecule has 0 aliphatic heterocycles. The smallest absolute Gasteiger partial charge is 0.339 e. The number of thioether (sulfide) groups is 1. The van der Waals surface area contributed by atoms with Gasteiger partial charge in [0.25, 0.3) is 0 Å². The van der Waals surface area contributed by atoms with Gasteiger partial charge in [-0.2, -0.15) is 0 Å². The van der Waals surface area contributed by atoms with Crippen molar-refractivity contribution in [1.82, 2.24) is 19.9 Å². The molecule has 0 fully saturated rings. The van der Waals surface area contributed by atoms with Crippen molar-refractivity contribution >= 4 is 17.7 Å². The first-order valence-corrected chi connectivity index (χ1v) is 5.67. The molecule has 0 aliphatic carbocycles. The quantitative estimate of drug-likeness (QED) is 0.643. The second-order valence-electron chi connectivity index (χ2n) is 3.02. The van der Waals surface area contributed by atoms with Crippen LogP contribution in [0.1, 0.15) is 16.1 Å². The van der Waals surface area contributed by atoms with E-state index in [0.717, 1.165) is 5.03 Å². The van der Waals surface area contributed by atoms with Crippen LogP contribution in [0.4, 0.5) is 0 Å². The average molecular weight is 248 g/mol. The van der Waals surface area contributed by atoms with Crippen LogP contribution in [0, 0.1) is 0 Å². The van der Waals surface area contributed by atoms with Crippen LogP contribution in [0.3, 0.4) is 0 Å². The standard InChI is InChI=1S/C10H8N4O2S/c15-10(16)7-3-12-6-13-8(7)4-17-9-1-2-11-5-14-9/h1-3,5-6H,4H2,(H,15,16). The second kappa shape index (κ2) is 5.35.